The van der Waals surface area contributed by atoms with Gasteiger partial charge in [-0.05, 0) is 49.7 Å². The van der Waals surface area contributed by atoms with Crippen LogP contribution in [0.4, 0.5) is 16.2 Å². The first-order valence-electron chi connectivity index (χ1n) is 7.67. The average molecular weight is 399 g/mol. The molecule has 0 atom stereocenters. The summed E-state index contributed by atoms with van der Waals surface area (Å²) in [6.07, 6.45) is -0.709. The summed E-state index contributed by atoms with van der Waals surface area (Å²) in [6, 6.07) is 9.01. The van der Waals surface area contributed by atoms with Gasteiger partial charge in [0.15, 0.2) is 0 Å². The van der Waals surface area contributed by atoms with Crippen LogP contribution >= 0.6 is 11.6 Å². The van der Waals surface area contributed by atoms with Crippen molar-refractivity contribution in [3.63, 3.8) is 0 Å². The Balaban J connectivity index is 2.36. The number of anilines is 2. The zero-order valence-electron chi connectivity index (χ0n) is 14.5. The fourth-order valence-electron chi connectivity index (χ4n) is 2.14. The topological polar surface area (TPSA) is 93.7 Å². The standard InChI is InChI=1S/C17H19ClN2O5S/c1-4-25-17(21)19-15-10-13(7-8-16(15)24-3)26(22,23)20-14-9-12(18)6-5-11(14)2/h5-10,20H,4H2,1-3H3,(H,19,21). The van der Waals surface area contributed by atoms with Crippen LogP contribution in [0.3, 0.4) is 0 Å². The van der Waals surface area contributed by atoms with Crippen LogP contribution in [0.25, 0.3) is 0 Å². The molecule has 26 heavy (non-hydrogen) atoms. The van der Waals surface area contributed by atoms with Gasteiger partial charge in [0, 0.05) is 5.02 Å². The van der Waals surface area contributed by atoms with Crippen molar-refractivity contribution in [1.82, 2.24) is 0 Å². The molecule has 1 amide bonds. The van der Waals surface area contributed by atoms with Crippen LogP contribution in [0.1, 0.15) is 12.5 Å². The van der Waals surface area contributed by atoms with Crippen molar-refractivity contribution < 1.29 is 22.7 Å². The van der Waals surface area contributed by atoms with Crippen molar-refractivity contribution in [2.75, 3.05) is 23.8 Å². The number of aryl methyl sites for hydroxylation is 1. The molecule has 140 valence electrons. The van der Waals surface area contributed by atoms with E-state index in [1.165, 1.54) is 31.4 Å². The third-order valence-electron chi connectivity index (χ3n) is 3.44. The van der Waals surface area contributed by atoms with Gasteiger partial charge in [0.25, 0.3) is 10.0 Å². The smallest absolute Gasteiger partial charge is 0.411 e. The maximum Gasteiger partial charge on any atom is 0.411 e. The lowest BCUT2D eigenvalue weighted by atomic mass is 10.2. The lowest BCUT2D eigenvalue weighted by Crippen LogP contribution is -2.16. The fourth-order valence-corrected chi connectivity index (χ4v) is 3.46. The summed E-state index contributed by atoms with van der Waals surface area (Å²) < 4.78 is 37.8. The van der Waals surface area contributed by atoms with E-state index >= 15 is 0 Å². The Kier molecular flexibility index (Phi) is 6.33. The molecule has 2 N–H and O–H groups in total. The molecule has 2 aromatic carbocycles. The molecule has 0 fully saturated rings. The minimum Gasteiger partial charge on any atom is -0.495 e. The van der Waals surface area contributed by atoms with Crippen molar-refractivity contribution in [2.24, 2.45) is 0 Å². The summed E-state index contributed by atoms with van der Waals surface area (Å²) in [6.45, 7) is 3.60. The maximum absolute atomic E-state index is 12.7. The first-order chi connectivity index (χ1) is 12.3. The van der Waals surface area contributed by atoms with Crippen LogP contribution in [-0.4, -0.2) is 28.2 Å². The monoisotopic (exact) mass is 398 g/mol. The van der Waals surface area contributed by atoms with Gasteiger partial charge in [0.1, 0.15) is 5.75 Å². The van der Waals surface area contributed by atoms with Gasteiger partial charge in [-0.2, -0.15) is 0 Å². The fraction of sp³-hybridized carbons (Fsp3) is 0.235. The third-order valence-corrected chi connectivity index (χ3v) is 5.04. The number of carbonyl (C=O) groups excluding carboxylic acids is 1. The second-order valence-electron chi connectivity index (χ2n) is 5.27. The van der Waals surface area contributed by atoms with Crippen LogP contribution in [0.15, 0.2) is 41.3 Å². The molecular formula is C17H19ClN2O5S. The molecule has 0 spiro atoms. The molecule has 0 aromatic heterocycles. The average Bonchev–Trinajstić information content (AvgIpc) is 2.58. The van der Waals surface area contributed by atoms with E-state index in [9.17, 15) is 13.2 Å². The van der Waals surface area contributed by atoms with Crippen LogP contribution in [0, 0.1) is 6.92 Å². The zero-order chi connectivity index (χ0) is 19.3. The van der Waals surface area contributed by atoms with E-state index in [2.05, 4.69) is 10.0 Å². The molecule has 0 aliphatic carbocycles. The van der Waals surface area contributed by atoms with Crippen LogP contribution in [-0.2, 0) is 14.8 Å². The number of ether oxygens (including phenoxy) is 2. The Bertz CT molecular complexity index is 915. The molecule has 9 heteroatoms. The van der Waals surface area contributed by atoms with E-state index in [1.54, 1.807) is 26.0 Å². The molecular weight excluding hydrogens is 380 g/mol. The Hall–Kier alpha value is -2.45. The van der Waals surface area contributed by atoms with Crippen molar-refractivity contribution >= 4 is 39.1 Å². The number of benzene rings is 2. The van der Waals surface area contributed by atoms with Crippen molar-refractivity contribution in [2.45, 2.75) is 18.7 Å². The Morgan fingerprint density at radius 1 is 1.15 bits per heavy atom. The molecule has 0 bridgehead atoms. The van der Waals surface area contributed by atoms with Crippen LogP contribution in [0.2, 0.25) is 5.02 Å². The van der Waals surface area contributed by atoms with Crippen molar-refractivity contribution in [3.8, 4) is 5.75 Å². The molecule has 0 saturated carbocycles. The van der Waals surface area contributed by atoms with Gasteiger partial charge >= 0.3 is 6.09 Å². The van der Waals surface area contributed by atoms with Gasteiger partial charge in [-0.15, -0.1) is 0 Å². The zero-order valence-corrected chi connectivity index (χ0v) is 16.1. The van der Waals surface area contributed by atoms with Gasteiger partial charge < -0.3 is 9.47 Å². The summed E-state index contributed by atoms with van der Waals surface area (Å²) in [5.41, 5.74) is 1.27. The van der Waals surface area contributed by atoms with Crippen molar-refractivity contribution in [3.05, 3.63) is 47.0 Å². The number of hydrogen-bond donors (Lipinski definition) is 2. The second kappa shape index (κ2) is 8.29. The van der Waals surface area contributed by atoms with E-state index in [4.69, 9.17) is 21.1 Å². The van der Waals surface area contributed by atoms with Crippen LogP contribution < -0.4 is 14.8 Å². The Labute approximate surface area is 157 Å². The van der Waals surface area contributed by atoms with Crippen LogP contribution in [0.5, 0.6) is 5.75 Å². The normalized spacial score (nSPS) is 10.9. The van der Waals surface area contributed by atoms with Gasteiger partial charge in [0.2, 0.25) is 0 Å². The molecule has 0 unspecified atom stereocenters. The first kappa shape index (κ1) is 19.9. The summed E-state index contributed by atoms with van der Waals surface area (Å²) >= 11 is 5.93. The predicted molar refractivity (Wildman–Crippen MR) is 101 cm³/mol. The number of sulfonamides is 1. The van der Waals surface area contributed by atoms with E-state index in [0.717, 1.165) is 5.56 Å². The highest BCUT2D eigenvalue weighted by atomic mass is 35.5. The minimum atomic E-state index is -3.90. The molecule has 7 nitrogen and oxygen atoms in total. The van der Waals surface area contributed by atoms with Gasteiger partial charge in [-0.3, -0.25) is 10.0 Å². The molecule has 0 aliphatic rings. The largest absolute Gasteiger partial charge is 0.495 e. The number of amides is 1. The van der Waals surface area contributed by atoms with E-state index < -0.39 is 16.1 Å². The summed E-state index contributed by atoms with van der Waals surface area (Å²) in [5, 5.41) is 2.87. The van der Waals surface area contributed by atoms with Gasteiger partial charge in [0.05, 0.1) is 30.0 Å². The highest BCUT2D eigenvalue weighted by Crippen LogP contribution is 2.29. The molecule has 0 aliphatic heterocycles. The van der Waals surface area contributed by atoms with E-state index in [1.807, 2.05) is 0 Å². The number of hydrogen-bond acceptors (Lipinski definition) is 5. The highest BCUT2D eigenvalue weighted by molar-refractivity contribution is 7.92. The van der Waals surface area contributed by atoms with E-state index in [-0.39, 0.29) is 17.2 Å². The minimum absolute atomic E-state index is 0.0514. The SMILES string of the molecule is CCOC(=O)Nc1cc(S(=O)(=O)Nc2cc(Cl)ccc2C)ccc1OC. The molecule has 0 saturated heterocycles. The van der Waals surface area contributed by atoms with Gasteiger partial charge in [-0.25, -0.2) is 13.2 Å². The quantitative estimate of drug-likeness (QED) is 0.766. The number of carbonyl (C=O) groups is 1. The van der Waals surface area contributed by atoms with E-state index in [0.29, 0.717) is 16.5 Å². The molecule has 2 rings (SSSR count). The number of halogens is 1. The summed E-state index contributed by atoms with van der Waals surface area (Å²) in [5.74, 6) is 0.302. The summed E-state index contributed by atoms with van der Waals surface area (Å²) in [4.78, 5) is 11.6. The number of methoxy groups -OCH3 is 1. The first-order valence-corrected chi connectivity index (χ1v) is 9.53. The lowest BCUT2D eigenvalue weighted by Gasteiger charge is -2.14. The lowest BCUT2D eigenvalue weighted by molar-refractivity contribution is 0.168. The second-order valence-corrected chi connectivity index (χ2v) is 7.39. The highest BCUT2D eigenvalue weighted by Gasteiger charge is 2.19. The molecule has 2 aromatic rings. The predicted octanol–water partition coefficient (Wildman–Crippen LogP) is 4.03. The molecule has 0 radical (unpaired) electrons. The third kappa shape index (κ3) is 4.80. The number of rotatable bonds is 6. The Morgan fingerprint density at radius 2 is 1.88 bits per heavy atom. The maximum atomic E-state index is 12.7. The Morgan fingerprint density at radius 3 is 2.54 bits per heavy atom. The summed E-state index contributed by atoms with van der Waals surface area (Å²) in [7, 11) is -2.49. The van der Waals surface area contributed by atoms with Crippen molar-refractivity contribution in [1.29, 1.82) is 0 Å². The number of nitrogens with one attached hydrogen (secondary N) is 2. The molecule has 0 heterocycles. The van der Waals surface area contributed by atoms with Gasteiger partial charge in [-0.1, -0.05) is 17.7 Å².